The maximum Gasteiger partial charge on any atom is 0.435 e. The van der Waals surface area contributed by atoms with Crippen LogP contribution < -0.4 is 0 Å². The molecule has 1 fully saturated rings. The van der Waals surface area contributed by atoms with Gasteiger partial charge >= 0.3 is 12.4 Å². The normalized spacial score (nSPS) is 15.9. The third kappa shape index (κ3) is 4.99. The molecule has 39 heavy (non-hydrogen) atoms. The Morgan fingerprint density at radius 2 is 1.33 bits per heavy atom. The second-order valence-corrected chi connectivity index (χ2v) is 9.41. The minimum absolute atomic E-state index is 0.0601. The molecule has 204 valence electrons. The summed E-state index contributed by atoms with van der Waals surface area (Å²) < 4.78 is 108. The highest BCUT2D eigenvalue weighted by atomic mass is 19.4. The summed E-state index contributed by atoms with van der Waals surface area (Å²) in [7, 11) is 0. The number of halogens is 8. The molecule has 4 aromatic rings. The van der Waals surface area contributed by atoms with E-state index in [4.69, 9.17) is 0 Å². The first-order chi connectivity index (χ1) is 18.4. The zero-order valence-electron chi connectivity index (χ0n) is 20.1. The Balaban J connectivity index is 1.61. The van der Waals surface area contributed by atoms with Crippen molar-refractivity contribution in [2.24, 2.45) is 0 Å². The van der Waals surface area contributed by atoms with E-state index in [2.05, 4.69) is 20.2 Å². The fourth-order valence-corrected chi connectivity index (χ4v) is 5.11. The minimum Gasteiger partial charge on any atom is -0.276 e. The van der Waals surface area contributed by atoms with E-state index in [9.17, 15) is 35.1 Å². The largest absolute Gasteiger partial charge is 0.435 e. The topological polar surface area (TPSA) is 54.5 Å². The Labute approximate surface area is 217 Å². The van der Waals surface area contributed by atoms with Gasteiger partial charge in [-0.25, -0.2) is 8.78 Å². The number of aromatic nitrogens is 4. The highest BCUT2D eigenvalue weighted by Gasteiger charge is 2.41. The van der Waals surface area contributed by atoms with Crippen molar-refractivity contribution in [3.05, 3.63) is 88.9 Å². The summed E-state index contributed by atoms with van der Waals surface area (Å²) in [5.74, 6) is -3.48. The number of rotatable bonds is 4. The summed E-state index contributed by atoms with van der Waals surface area (Å²) in [4.78, 5) is 9.17. The van der Waals surface area contributed by atoms with Gasteiger partial charge in [-0.1, -0.05) is 31.4 Å². The lowest BCUT2D eigenvalue weighted by Crippen LogP contribution is -2.32. The molecule has 1 saturated carbocycles. The second-order valence-electron chi connectivity index (χ2n) is 9.41. The Hall–Kier alpha value is -3.83. The third-order valence-corrected chi connectivity index (χ3v) is 6.98. The molecule has 3 heterocycles. The molecule has 1 aromatic carbocycles. The molecule has 5 rings (SSSR count). The molecule has 1 aliphatic carbocycles. The summed E-state index contributed by atoms with van der Waals surface area (Å²) in [5.41, 5.74) is -3.33. The molecule has 0 atom stereocenters. The lowest BCUT2D eigenvalue weighted by molar-refractivity contribution is -0.142. The lowest BCUT2D eigenvalue weighted by Gasteiger charge is -2.37. The fraction of sp³-hybridized carbons (Fsp3) is 0.296. The predicted molar refractivity (Wildman–Crippen MR) is 125 cm³/mol. The van der Waals surface area contributed by atoms with Gasteiger partial charge in [-0.15, -0.1) is 0 Å². The van der Waals surface area contributed by atoms with Gasteiger partial charge < -0.3 is 0 Å². The van der Waals surface area contributed by atoms with Crippen LogP contribution in [0, 0.1) is 11.6 Å². The quantitative estimate of drug-likeness (QED) is 0.260. The molecule has 0 spiro atoms. The molecular weight excluding hydrogens is 532 g/mol. The minimum atomic E-state index is -5.24. The van der Waals surface area contributed by atoms with Gasteiger partial charge in [0.05, 0.1) is 33.9 Å². The summed E-state index contributed by atoms with van der Waals surface area (Å²) in [6, 6.07) is 11.7. The zero-order valence-corrected chi connectivity index (χ0v) is 20.1. The van der Waals surface area contributed by atoms with Gasteiger partial charge in [0.2, 0.25) is 0 Å². The highest BCUT2D eigenvalue weighted by Crippen LogP contribution is 2.45. The van der Waals surface area contributed by atoms with E-state index in [1.54, 1.807) is 18.2 Å². The molecule has 4 nitrogen and oxygen atoms in total. The molecule has 1 aliphatic rings. The number of hydrogen-bond acceptors (Lipinski definition) is 3. The van der Waals surface area contributed by atoms with Crippen LogP contribution in [0.5, 0.6) is 0 Å². The van der Waals surface area contributed by atoms with E-state index in [0.717, 1.165) is 31.4 Å². The van der Waals surface area contributed by atoms with Gasteiger partial charge in [0.25, 0.3) is 0 Å². The number of H-pyrrole nitrogens is 1. The van der Waals surface area contributed by atoms with Crippen molar-refractivity contribution in [1.82, 2.24) is 20.2 Å². The molecule has 0 amide bonds. The van der Waals surface area contributed by atoms with Crippen molar-refractivity contribution in [2.45, 2.75) is 49.9 Å². The summed E-state index contributed by atoms with van der Waals surface area (Å²) >= 11 is 0. The lowest BCUT2D eigenvalue weighted by atomic mass is 9.69. The standard InChI is InChI=1S/C27H20F8N4/c28-16-11-10-15(24(29)23(16)27(33,34)35)17-6-4-8-20(36-17)25(12-2-1-3-13-25)21-9-5-7-18(37-21)19-14-22(39-38-19)26(30,31)32/h4-11,14H,1-3,12-13H2,(H,38,39). The van der Waals surface area contributed by atoms with E-state index in [0.29, 0.717) is 30.3 Å². The van der Waals surface area contributed by atoms with Crippen LogP contribution in [0.4, 0.5) is 35.1 Å². The molecular formula is C27H20F8N4. The fourth-order valence-electron chi connectivity index (χ4n) is 5.11. The first-order valence-electron chi connectivity index (χ1n) is 12.0. The maximum atomic E-state index is 14.9. The Morgan fingerprint density at radius 3 is 1.92 bits per heavy atom. The van der Waals surface area contributed by atoms with Crippen LogP contribution in [-0.2, 0) is 17.8 Å². The van der Waals surface area contributed by atoms with Crippen LogP contribution in [0.1, 0.15) is 54.7 Å². The Kier molecular flexibility index (Phi) is 6.68. The number of nitrogens with zero attached hydrogens (tertiary/aromatic N) is 3. The van der Waals surface area contributed by atoms with Crippen LogP contribution in [0.3, 0.4) is 0 Å². The number of aromatic amines is 1. The van der Waals surface area contributed by atoms with Crippen molar-refractivity contribution in [1.29, 1.82) is 0 Å². The molecule has 0 aliphatic heterocycles. The van der Waals surface area contributed by atoms with E-state index in [-0.39, 0.29) is 17.1 Å². The number of benzene rings is 1. The van der Waals surface area contributed by atoms with Crippen LogP contribution in [0.2, 0.25) is 0 Å². The van der Waals surface area contributed by atoms with E-state index in [1.807, 2.05) is 0 Å². The first-order valence-corrected chi connectivity index (χ1v) is 12.0. The van der Waals surface area contributed by atoms with E-state index in [1.165, 1.54) is 18.2 Å². The van der Waals surface area contributed by atoms with Gasteiger partial charge in [0, 0.05) is 5.56 Å². The van der Waals surface area contributed by atoms with Gasteiger partial charge in [-0.3, -0.25) is 15.1 Å². The number of pyridine rings is 2. The number of hydrogen-bond donors (Lipinski definition) is 1. The monoisotopic (exact) mass is 552 g/mol. The van der Waals surface area contributed by atoms with Crippen molar-refractivity contribution in [2.75, 3.05) is 0 Å². The summed E-state index contributed by atoms with van der Waals surface area (Å²) in [5, 5.41) is 5.68. The second kappa shape index (κ2) is 9.73. The average Bonchev–Trinajstić information content (AvgIpc) is 3.40. The molecule has 12 heteroatoms. The van der Waals surface area contributed by atoms with Crippen molar-refractivity contribution < 1.29 is 35.1 Å². The predicted octanol–water partition coefficient (Wildman–Crippen LogP) is 8.10. The molecule has 1 N–H and O–H groups in total. The van der Waals surface area contributed by atoms with Gasteiger partial charge in [-0.2, -0.15) is 31.4 Å². The average molecular weight is 552 g/mol. The smallest absolute Gasteiger partial charge is 0.276 e. The molecule has 0 unspecified atom stereocenters. The van der Waals surface area contributed by atoms with E-state index >= 15 is 0 Å². The summed E-state index contributed by atoms with van der Waals surface area (Å²) in [6.45, 7) is 0. The van der Waals surface area contributed by atoms with E-state index < -0.39 is 46.2 Å². The number of nitrogens with one attached hydrogen (secondary N) is 1. The molecule has 3 aromatic heterocycles. The van der Waals surface area contributed by atoms with Crippen LogP contribution >= 0.6 is 0 Å². The van der Waals surface area contributed by atoms with Crippen LogP contribution in [0.15, 0.2) is 54.6 Å². The molecule has 0 radical (unpaired) electrons. The van der Waals surface area contributed by atoms with Gasteiger partial charge in [-0.05, 0) is 55.3 Å². The van der Waals surface area contributed by atoms with Gasteiger partial charge in [0.1, 0.15) is 17.2 Å². The summed E-state index contributed by atoms with van der Waals surface area (Å²) in [6.07, 6.45) is -6.32. The Bertz CT molecular complexity index is 1500. The van der Waals surface area contributed by atoms with Gasteiger partial charge in [0.15, 0.2) is 5.69 Å². The van der Waals surface area contributed by atoms with Crippen molar-refractivity contribution in [3.8, 4) is 22.6 Å². The first kappa shape index (κ1) is 26.8. The Morgan fingerprint density at radius 1 is 0.718 bits per heavy atom. The maximum absolute atomic E-state index is 14.9. The molecule has 0 saturated heterocycles. The highest BCUT2D eigenvalue weighted by molar-refractivity contribution is 5.62. The van der Waals surface area contributed by atoms with Crippen LogP contribution in [0.25, 0.3) is 22.6 Å². The SMILES string of the molecule is Fc1ccc(-c2cccc(C3(c4cccc(-c5cc(C(F)(F)F)n[nH]5)n4)CCCCC3)n2)c(F)c1C(F)(F)F. The van der Waals surface area contributed by atoms with Crippen molar-refractivity contribution in [3.63, 3.8) is 0 Å². The van der Waals surface area contributed by atoms with Crippen molar-refractivity contribution >= 4 is 0 Å². The number of alkyl halides is 6. The molecule has 0 bridgehead atoms. The third-order valence-electron chi connectivity index (χ3n) is 6.98. The zero-order chi connectivity index (χ0) is 28.0. The van der Waals surface area contributed by atoms with Crippen LogP contribution in [-0.4, -0.2) is 20.2 Å².